The number of fused-ring (bicyclic) bond motifs is 1. The Kier molecular flexibility index (Phi) is 6.48. The van der Waals surface area contributed by atoms with E-state index in [4.69, 9.17) is 11.5 Å². The van der Waals surface area contributed by atoms with Gasteiger partial charge < -0.3 is 21.7 Å². The molecule has 1 aromatic rings. The number of primary amides is 1. The predicted octanol–water partition coefficient (Wildman–Crippen LogP) is 0.843. The highest BCUT2D eigenvalue weighted by molar-refractivity contribution is 6.48. The second kappa shape index (κ2) is 8.59. The molecule has 0 unspecified atom stereocenters. The number of benzene rings is 1. The molecule has 0 spiro atoms. The maximum absolute atomic E-state index is 12.3. The number of aryl methyl sites for hydroxylation is 2. The summed E-state index contributed by atoms with van der Waals surface area (Å²) in [5.41, 5.74) is 14.8. The van der Waals surface area contributed by atoms with Gasteiger partial charge in [-0.1, -0.05) is 6.58 Å². The summed E-state index contributed by atoms with van der Waals surface area (Å²) in [6, 6.07) is 3.03. The Morgan fingerprint density at radius 2 is 1.92 bits per heavy atom. The van der Waals surface area contributed by atoms with Crippen molar-refractivity contribution >= 4 is 29.0 Å². The first-order valence-corrected chi connectivity index (χ1v) is 8.53. The molecule has 0 aromatic heterocycles. The summed E-state index contributed by atoms with van der Waals surface area (Å²) in [7, 11) is 0. The lowest BCUT2D eigenvalue weighted by atomic mass is 10.0. The Morgan fingerprint density at radius 1 is 1.23 bits per heavy atom. The lowest BCUT2D eigenvalue weighted by molar-refractivity contribution is -0.113. The van der Waals surface area contributed by atoms with Crippen LogP contribution >= 0.6 is 0 Å². The third-order valence-corrected chi connectivity index (χ3v) is 4.23. The summed E-state index contributed by atoms with van der Waals surface area (Å²) in [5.74, 6) is -0.660. The number of nitrogens with one attached hydrogen (secondary N) is 2. The first-order chi connectivity index (χ1) is 12.3. The number of hydrogen-bond donors (Lipinski definition) is 4. The molecule has 0 atom stereocenters. The number of urea groups is 1. The second-order valence-corrected chi connectivity index (χ2v) is 6.19. The Hall–Kier alpha value is -2.71. The molecule has 0 radical (unpaired) electrons. The maximum Gasteiger partial charge on any atom is 0.319 e. The number of aliphatic imine (C=N–C) groups is 1. The van der Waals surface area contributed by atoms with Crippen molar-refractivity contribution in [3.63, 3.8) is 0 Å². The largest absolute Gasteiger partial charge is 0.351 e. The minimum absolute atomic E-state index is 0.0847. The van der Waals surface area contributed by atoms with Crippen molar-refractivity contribution in [3.05, 3.63) is 35.5 Å². The molecule has 0 saturated carbocycles. The van der Waals surface area contributed by atoms with Gasteiger partial charge in [-0.25, -0.2) is 9.79 Å². The van der Waals surface area contributed by atoms with Gasteiger partial charge in [0.15, 0.2) is 5.71 Å². The fourth-order valence-corrected chi connectivity index (χ4v) is 2.70. The van der Waals surface area contributed by atoms with E-state index < -0.39 is 11.9 Å². The molecule has 140 valence electrons. The van der Waals surface area contributed by atoms with Gasteiger partial charge in [-0.05, 0) is 56.6 Å². The fourth-order valence-electron chi connectivity index (χ4n) is 2.70. The highest BCUT2D eigenvalue weighted by Gasteiger charge is 2.28. The standard InChI is InChI=1S/C18H26N6O2/c1-11-9-14-15(10-12(11)2)24(8-7-21-6-4-5-19)13(3)16(22-14)17(25)23-18(20)26/h9-10,21H,3-8,19H2,1-2H3,(H3,20,23,25,26). The number of anilines is 1. The number of imide groups is 1. The minimum Gasteiger partial charge on any atom is -0.351 e. The van der Waals surface area contributed by atoms with E-state index in [1.54, 1.807) is 0 Å². The van der Waals surface area contributed by atoms with Gasteiger partial charge in [0.25, 0.3) is 5.91 Å². The van der Waals surface area contributed by atoms with E-state index >= 15 is 0 Å². The zero-order chi connectivity index (χ0) is 19.3. The maximum atomic E-state index is 12.3. The van der Waals surface area contributed by atoms with Crippen LogP contribution in [-0.4, -0.2) is 43.8 Å². The molecule has 0 bridgehead atoms. The molecule has 1 aliphatic rings. The van der Waals surface area contributed by atoms with E-state index in [-0.39, 0.29) is 5.71 Å². The molecule has 0 fully saturated rings. The number of carbonyl (C=O) groups is 2. The number of rotatable bonds is 7. The van der Waals surface area contributed by atoms with E-state index in [2.05, 4.69) is 22.2 Å². The second-order valence-electron chi connectivity index (χ2n) is 6.19. The SMILES string of the molecule is C=C1C(C(=O)NC(N)=O)=Nc2cc(C)c(C)cc2N1CCNCCCN. The zero-order valence-corrected chi connectivity index (χ0v) is 15.3. The van der Waals surface area contributed by atoms with Crippen molar-refractivity contribution in [1.82, 2.24) is 10.6 Å². The Morgan fingerprint density at radius 3 is 2.58 bits per heavy atom. The van der Waals surface area contributed by atoms with E-state index in [0.717, 1.165) is 29.8 Å². The third kappa shape index (κ3) is 4.47. The quantitative estimate of drug-likeness (QED) is 0.538. The minimum atomic E-state index is -0.925. The lowest BCUT2D eigenvalue weighted by Gasteiger charge is -2.32. The van der Waals surface area contributed by atoms with Crippen LogP contribution in [0.2, 0.25) is 0 Å². The van der Waals surface area contributed by atoms with Gasteiger partial charge in [-0.2, -0.15) is 0 Å². The molecule has 1 aromatic carbocycles. The van der Waals surface area contributed by atoms with Crippen LogP contribution in [0.5, 0.6) is 0 Å². The molecule has 26 heavy (non-hydrogen) atoms. The predicted molar refractivity (Wildman–Crippen MR) is 104 cm³/mol. The van der Waals surface area contributed by atoms with Crippen molar-refractivity contribution in [2.75, 3.05) is 31.1 Å². The molecule has 8 nitrogen and oxygen atoms in total. The van der Waals surface area contributed by atoms with Gasteiger partial charge in [0.2, 0.25) is 0 Å². The van der Waals surface area contributed by atoms with Gasteiger partial charge in [0.05, 0.1) is 17.1 Å². The van der Waals surface area contributed by atoms with Crippen LogP contribution in [0.4, 0.5) is 16.2 Å². The van der Waals surface area contributed by atoms with Crippen molar-refractivity contribution in [2.45, 2.75) is 20.3 Å². The summed E-state index contributed by atoms with van der Waals surface area (Å²) in [6.07, 6.45) is 0.892. The number of nitrogens with zero attached hydrogens (tertiary/aromatic N) is 2. The van der Waals surface area contributed by atoms with Crippen LogP contribution in [-0.2, 0) is 4.79 Å². The first kappa shape index (κ1) is 19.6. The average Bonchev–Trinajstić information content (AvgIpc) is 2.57. The van der Waals surface area contributed by atoms with Gasteiger partial charge in [-0.15, -0.1) is 0 Å². The Balaban J connectivity index is 2.31. The van der Waals surface area contributed by atoms with E-state index in [9.17, 15) is 9.59 Å². The van der Waals surface area contributed by atoms with E-state index in [1.807, 2.05) is 30.9 Å². The summed E-state index contributed by atoms with van der Waals surface area (Å²) >= 11 is 0. The molecule has 6 N–H and O–H groups in total. The molecule has 2 rings (SSSR count). The van der Waals surface area contributed by atoms with Crippen molar-refractivity contribution < 1.29 is 9.59 Å². The lowest BCUT2D eigenvalue weighted by Crippen LogP contribution is -2.44. The van der Waals surface area contributed by atoms with Crippen LogP contribution in [0.15, 0.2) is 29.4 Å². The summed E-state index contributed by atoms with van der Waals surface area (Å²) < 4.78 is 0. The molecule has 0 aliphatic carbocycles. The normalized spacial score (nSPS) is 13.3. The fraction of sp³-hybridized carbons (Fsp3) is 0.389. The van der Waals surface area contributed by atoms with E-state index in [1.165, 1.54) is 0 Å². The Bertz CT molecular complexity index is 756. The first-order valence-electron chi connectivity index (χ1n) is 8.53. The van der Waals surface area contributed by atoms with Crippen LogP contribution in [0, 0.1) is 13.8 Å². The van der Waals surface area contributed by atoms with Crippen LogP contribution < -0.4 is 27.0 Å². The van der Waals surface area contributed by atoms with Crippen LogP contribution in [0.1, 0.15) is 17.5 Å². The molecule has 0 saturated heterocycles. The van der Waals surface area contributed by atoms with E-state index in [0.29, 0.717) is 31.0 Å². The van der Waals surface area contributed by atoms with Gasteiger partial charge in [0, 0.05) is 13.1 Å². The molecule has 1 heterocycles. The van der Waals surface area contributed by atoms with Crippen LogP contribution in [0.3, 0.4) is 0 Å². The molecular formula is C18H26N6O2. The smallest absolute Gasteiger partial charge is 0.319 e. The zero-order valence-electron chi connectivity index (χ0n) is 15.3. The van der Waals surface area contributed by atoms with Crippen molar-refractivity contribution in [2.24, 2.45) is 16.5 Å². The topological polar surface area (TPSA) is 126 Å². The van der Waals surface area contributed by atoms with Gasteiger partial charge in [-0.3, -0.25) is 10.1 Å². The summed E-state index contributed by atoms with van der Waals surface area (Å²) in [4.78, 5) is 29.6. The molecule has 1 aliphatic heterocycles. The molecular weight excluding hydrogens is 332 g/mol. The number of amides is 3. The molecule has 8 heteroatoms. The van der Waals surface area contributed by atoms with Gasteiger partial charge >= 0.3 is 6.03 Å². The van der Waals surface area contributed by atoms with Crippen LogP contribution in [0.25, 0.3) is 0 Å². The highest BCUT2D eigenvalue weighted by atomic mass is 16.2. The monoisotopic (exact) mass is 358 g/mol. The highest BCUT2D eigenvalue weighted by Crippen LogP contribution is 2.37. The summed E-state index contributed by atoms with van der Waals surface area (Å²) in [6.45, 7) is 10.8. The van der Waals surface area contributed by atoms with Gasteiger partial charge in [0.1, 0.15) is 0 Å². The summed E-state index contributed by atoms with van der Waals surface area (Å²) in [5, 5.41) is 5.37. The number of carbonyl (C=O) groups excluding carboxylic acids is 2. The van der Waals surface area contributed by atoms with Crippen molar-refractivity contribution in [1.29, 1.82) is 0 Å². The third-order valence-electron chi connectivity index (χ3n) is 4.23. The number of nitrogens with two attached hydrogens (primary N) is 2. The van der Waals surface area contributed by atoms with Crippen molar-refractivity contribution in [3.8, 4) is 0 Å². The Labute approximate surface area is 153 Å². The average molecular weight is 358 g/mol. The number of hydrogen-bond acceptors (Lipinski definition) is 6. The molecule has 3 amide bonds.